The molecule has 0 unspecified atom stereocenters. The predicted octanol–water partition coefficient (Wildman–Crippen LogP) is 0.691. The number of rotatable bonds is 3. The molecule has 0 aliphatic carbocycles. The van der Waals surface area contributed by atoms with E-state index in [0.29, 0.717) is 0 Å². The maximum absolute atomic E-state index is 10.9. The van der Waals surface area contributed by atoms with Crippen molar-refractivity contribution in [1.29, 1.82) is 0 Å². The van der Waals surface area contributed by atoms with Gasteiger partial charge in [0, 0.05) is 6.20 Å². The topological polar surface area (TPSA) is 73.0 Å². The Balaban J connectivity index is 3.06. The maximum atomic E-state index is 10.9. The summed E-state index contributed by atoms with van der Waals surface area (Å²) in [5.74, 6) is 0. The van der Waals surface area contributed by atoms with Crippen LogP contribution in [0.4, 0.5) is 0 Å². The van der Waals surface area contributed by atoms with E-state index in [-0.39, 0.29) is 5.03 Å². The molecule has 4 nitrogen and oxygen atoms in total. The zero-order valence-electron chi connectivity index (χ0n) is 7.27. The molecule has 1 rings (SSSR count). The Hall–Kier alpha value is -0.940. The first-order chi connectivity index (χ1) is 6.04. The number of aromatic nitrogens is 1. The van der Waals surface area contributed by atoms with Crippen LogP contribution in [0.25, 0.3) is 0 Å². The highest BCUT2D eigenvalue weighted by Crippen LogP contribution is 2.09. The van der Waals surface area contributed by atoms with Gasteiger partial charge < -0.3 is 0 Å². The van der Waals surface area contributed by atoms with Crippen molar-refractivity contribution >= 4 is 10.0 Å². The monoisotopic (exact) mass is 199 g/mol. The van der Waals surface area contributed by atoms with Crippen LogP contribution in [-0.4, -0.2) is 13.4 Å². The lowest BCUT2D eigenvalue weighted by Gasteiger charge is -2.00. The molecule has 1 aromatic heterocycles. The second-order valence-corrected chi connectivity index (χ2v) is 4.09. The SMILES string of the molecule is CC[CH]c1ccnc(S(N)(=O)=O)c1. The largest absolute Gasteiger partial charge is 0.255 e. The quantitative estimate of drug-likeness (QED) is 0.778. The van der Waals surface area contributed by atoms with Gasteiger partial charge in [-0.15, -0.1) is 0 Å². The summed E-state index contributed by atoms with van der Waals surface area (Å²) >= 11 is 0. The molecule has 13 heavy (non-hydrogen) atoms. The molecule has 1 radical (unpaired) electrons. The Morgan fingerprint density at radius 1 is 1.62 bits per heavy atom. The van der Waals surface area contributed by atoms with Crippen LogP contribution in [0, 0.1) is 6.42 Å². The molecule has 0 spiro atoms. The fraction of sp³-hybridized carbons (Fsp3) is 0.250. The summed E-state index contributed by atoms with van der Waals surface area (Å²) in [7, 11) is -3.67. The molecule has 0 bridgehead atoms. The van der Waals surface area contributed by atoms with Crippen molar-refractivity contribution in [3.05, 3.63) is 30.3 Å². The molecular formula is C8H11N2O2S. The summed E-state index contributed by atoms with van der Waals surface area (Å²) in [6.45, 7) is 1.97. The highest BCUT2D eigenvalue weighted by molar-refractivity contribution is 7.89. The van der Waals surface area contributed by atoms with E-state index in [4.69, 9.17) is 5.14 Å². The second kappa shape index (κ2) is 3.85. The van der Waals surface area contributed by atoms with Crippen LogP contribution in [0.3, 0.4) is 0 Å². The lowest BCUT2D eigenvalue weighted by molar-refractivity contribution is 0.594. The number of nitrogens with two attached hydrogens (primary N) is 1. The molecular weight excluding hydrogens is 188 g/mol. The van der Waals surface area contributed by atoms with Crippen LogP contribution >= 0.6 is 0 Å². The first-order valence-corrected chi connectivity index (χ1v) is 5.40. The van der Waals surface area contributed by atoms with E-state index in [2.05, 4.69) is 4.98 Å². The van der Waals surface area contributed by atoms with E-state index in [1.54, 1.807) is 6.07 Å². The molecule has 0 aromatic carbocycles. The van der Waals surface area contributed by atoms with Gasteiger partial charge in [0.25, 0.3) is 10.0 Å². The van der Waals surface area contributed by atoms with Gasteiger partial charge in [-0.05, 0) is 30.5 Å². The van der Waals surface area contributed by atoms with Crippen LogP contribution in [-0.2, 0) is 10.0 Å². The van der Waals surface area contributed by atoms with E-state index in [9.17, 15) is 8.42 Å². The third kappa shape index (κ3) is 2.78. The normalized spacial score (nSPS) is 11.5. The number of sulfonamides is 1. The van der Waals surface area contributed by atoms with Gasteiger partial charge in [0.1, 0.15) is 0 Å². The molecule has 0 aliphatic rings. The van der Waals surface area contributed by atoms with Gasteiger partial charge in [0.2, 0.25) is 0 Å². The van der Waals surface area contributed by atoms with E-state index < -0.39 is 10.0 Å². The molecule has 5 heteroatoms. The Kier molecular flexibility index (Phi) is 3.00. The van der Waals surface area contributed by atoms with Crippen molar-refractivity contribution in [3.8, 4) is 0 Å². The number of hydrogen-bond donors (Lipinski definition) is 1. The van der Waals surface area contributed by atoms with Gasteiger partial charge >= 0.3 is 0 Å². The first-order valence-electron chi connectivity index (χ1n) is 3.86. The maximum Gasteiger partial charge on any atom is 0.255 e. The number of pyridine rings is 1. The molecule has 0 saturated carbocycles. The Labute approximate surface area is 77.8 Å². The molecule has 0 aliphatic heterocycles. The fourth-order valence-corrected chi connectivity index (χ4v) is 1.45. The van der Waals surface area contributed by atoms with Crippen LogP contribution in [0.15, 0.2) is 23.4 Å². The highest BCUT2D eigenvalue weighted by atomic mass is 32.2. The van der Waals surface area contributed by atoms with Gasteiger partial charge in [0.15, 0.2) is 5.03 Å². The molecule has 0 atom stereocenters. The van der Waals surface area contributed by atoms with Crippen molar-refractivity contribution in [2.75, 3.05) is 0 Å². The summed E-state index contributed by atoms with van der Waals surface area (Å²) in [6.07, 6.45) is 4.17. The van der Waals surface area contributed by atoms with Crippen molar-refractivity contribution in [2.45, 2.75) is 18.4 Å². The third-order valence-corrected chi connectivity index (χ3v) is 2.30. The predicted molar refractivity (Wildman–Crippen MR) is 49.3 cm³/mol. The summed E-state index contributed by atoms with van der Waals surface area (Å²) < 4.78 is 21.8. The number of primary sulfonamides is 1. The number of nitrogens with zero attached hydrogens (tertiary/aromatic N) is 1. The van der Waals surface area contributed by atoms with Crippen molar-refractivity contribution in [1.82, 2.24) is 4.98 Å². The standard InChI is InChI=1S/C8H11N2O2S/c1-2-3-7-4-5-10-8(6-7)13(9,11)12/h3-6H,2H2,1H3,(H2,9,11,12). The van der Waals surface area contributed by atoms with Crippen LogP contribution in [0.1, 0.15) is 18.9 Å². The molecule has 1 heterocycles. The third-order valence-electron chi connectivity index (χ3n) is 1.49. The summed E-state index contributed by atoms with van der Waals surface area (Å²) in [5, 5.41) is 4.83. The van der Waals surface area contributed by atoms with Gasteiger partial charge in [-0.3, -0.25) is 0 Å². The van der Waals surface area contributed by atoms with Crippen molar-refractivity contribution < 1.29 is 8.42 Å². The average molecular weight is 199 g/mol. The average Bonchev–Trinajstić information content (AvgIpc) is 2.04. The minimum atomic E-state index is -3.67. The summed E-state index contributed by atoms with van der Waals surface area (Å²) in [5.41, 5.74) is 0.821. The number of hydrogen-bond acceptors (Lipinski definition) is 3. The lowest BCUT2D eigenvalue weighted by Crippen LogP contribution is -2.13. The van der Waals surface area contributed by atoms with Crippen molar-refractivity contribution in [3.63, 3.8) is 0 Å². The Morgan fingerprint density at radius 2 is 2.31 bits per heavy atom. The van der Waals surface area contributed by atoms with E-state index >= 15 is 0 Å². The molecule has 0 amide bonds. The fourth-order valence-electron chi connectivity index (χ4n) is 0.943. The van der Waals surface area contributed by atoms with E-state index in [1.165, 1.54) is 12.3 Å². The molecule has 0 saturated heterocycles. The smallest absolute Gasteiger partial charge is 0.243 e. The second-order valence-electron chi connectivity index (χ2n) is 2.58. The van der Waals surface area contributed by atoms with E-state index in [1.807, 2.05) is 13.3 Å². The zero-order chi connectivity index (χ0) is 9.90. The van der Waals surface area contributed by atoms with Gasteiger partial charge in [-0.1, -0.05) is 6.92 Å². The molecule has 2 N–H and O–H groups in total. The molecule has 0 fully saturated rings. The minimum absolute atomic E-state index is 0.0882. The van der Waals surface area contributed by atoms with Crippen molar-refractivity contribution in [2.24, 2.45) is 5.14 Å². The highest BCUT2D eigenvalue weighted by Gasteiger charge is 2.08. The van der Waals surface area contributed by atoms with E-state index in [0.717, 1.165) is 12.0 Å². The van der Waals surface area contributed by atoms with Crippen LogP contribution in [0.2, 0.25) is 0 Å². The lowest BCUT2D eigenvalue weighted by atomic mass is 10.2. The minimum Gasteiger partial charge on any atom is -0.243 e. The molecule has 71 valence electrons. The Bertz CT molecular complexity index is 387. The first kappa shape index (κ1) is 10.1. The molecule has 1 aromatic rings. The summed E-state index contributed by atoms with van der Waals surface area (Å²) in [4.78, 5) is 3.66. The van der Waals surface area contributed by atoms with Gasteiger partial charge in [0.05, 0.1) is 0 Å². The van der Waals surface area contributed by atoms with Crippen LogP contribution in [0.5, 0.6) is 0 Å². The van der Waals surface area contributed by atoms with Crippen LogP contribution < -0.4 is 5.14 Å². The van der Waals surface area contributed by atoms with Gasteiger partial charge in [-0.2, -0.15) is 0 Å². The zero-order valence-corrected chi connectivity index (χ0v) is 8.08. The van der Waals surface area contributed by atoms with Gasteiger partial charge in [-0.25, -0.2) is 18.5 Å². The Morgan fingerprint density at radius 3 is 2.85 bits per heavy atom. The summed E-state index contributed by atoms with van der Waals surface area (Å²) in [6, 6.07) is 3.19.